The highest BCUT2D eigenvalue weighted by molar-refractivity contribution is 5.83. The van der Waals surface area contributed by atoms with Crippen LogP contribution in [-0.2, 0) is 17.8 Å². The van der Waals surface area contributed by atoms with Gasteiger partial charge in [0.05, 0.1) is 12.6 Å². The summed E-state index contributed by atoms with van der Waals surface area (Å²) < 4.78 is 18.8. The van der Waals surface area contributed by atoms with E-state index in [1.54, 1.807) is 11.0 Å². The Kier molecular flexibility index (Phi) is 4.81. The van der Waals surface area contributed by atoms with Crippen LogP contribution in [0, 0.1) is 5.82 Å². The number of halogens is 1. The van der Waals surface area contributed by atoms with Gasteiger partial charge in [-0.1, -0.05) is 30.3 Å². The molecule has 2 aromatic carbocycles. The smallest absolute Gasteiger partial charge is 0.410 e. The van der Waals surface area contributed by atoms with E-state index in [9.17, 15) is 14.3 Å². The Bertz CT molecular complexity index is 941. The molecule has 1 fully saturated rings. The molecule has 140 valence electrons. The molecule has 1 aromatic heterocycles. The molecule has 1 aliphatic heterocycles. The van der Waals surface area contributed by atoms with Gasteiger partial charge in [-0.2, -0.15) is 0 Å². The number of nitrogens with zero attached hydrogens (tertiary/aromatic N) is 1. The minimum Gasteiger partial charge on any atom is -0.445 e. The number of aliphatic hydroxyl groups is 1. The number of aromatic amines is 1. The number of benzene rings is 2. The maximum atomic E-state index is 13.4. The number of hydrogen-bond acceptors (Lipinski definition) is 3. The van der Waals surface area contributed by atoms with Gasteiger partial charge in [0.2, 0.25) is 0 Å². The highest BCUT2D eigenvalue weighted by atomic mass is 19.1. The van der Waals surface area contributed by atoms with Crippen LogP contribution in [-0.4, -0.2) is 39.8 Å². The second-order valence-corrected chi connectivity index (χ2v) is 6.94. The van der Waals surface area contributed by atoms with E-state index in [0.29, 0.717) is 12.8 Å². The first-order valence-electron chi connectivity index (χ1n) is 9.01. The third kappa shape index (κ3) is 3.80. The fourth-order valence-corrected chi connectivity index (χ4v) is 3.69. The molecule has 0 aliphatic carbocycles. The number of carbonyl (C=O) groups is 1. The number of likely N-dealkylation sites (tertiary alicyclic amines) is 1. The summed E-state index contributed by atoms with van der Waals surface area (Å²) in [6.07, 6.45) is 1.91. The summed E-state index contributed by atoms with van der Waals surface area (Å²) in [5, 5.41) is 11.0. The average molecular weight is 368 g/mol. The first-order valence-corrected chi connectivity index (χ1v) is 9.01. The molecular formula is C21H21FN2O3. The lowest BCUT2D eigenvalue weighted by atomic mass is 10.0. The van der Waals surface area contributed by atoms with E-state index in [0.717, 1.165) is 22.0 Å². The molecule has 1 saturated heterocycles. The van der Waals surface area contributed by atoms with Crippen LogP contribution in [0.5, 0.6) is 0 Å². The zero-order valence-electron chi connectivity index (χ0n) is 14.8. The maximum absolute atomic E-state index is 13.4. The number of fused-ring (bicyclic) bond motifs is 1. The molecule has 27 heavy (non-hydrogen) atoms. The SMILES string of the molecule is O=C(OCc1ccccc1)N1C[C@H](O)C[C@H]1Cc1c[nH]c2cc(F)ccc12. The molecule has 0 spiro atoms. The Morgan fingerprint density at radius 1 is 1.26 bits per heavy atom. The quantitative estimate of drug-likeness (QED) is 0.739. The first kappa shape index (κ1) is 17.5. The van der Waals surface area contributed by atoms with E-state index >= 15 is 0 Å². The summed E-state index contributed by atoms with van der Waals surface area (Å²) in [6.45, 7) is 0.459. The van der Waals surface area contributed by atoms with Gasteiger partial charge in [0.15, 0.2) is 0 Å². The number of amides is 1. The van der Waals surface area contributed by atoms with Crippen molar-refractivity contribution in [1.82, 2.24) is 9.88 Å². The third-order valence-electron chi connectivity index (χ3n) is 5.02. The summed E-state index contributed by atoms with van der Waals surface area (Å²) in [4.78, 5) is 17.2. The number of carbonyl (C=O) groups excluding carboxylic acids is 1. The summed E-state index contributed by atoms with van der Waals surface area (Å²) in [6, 6.07) is 13.9. The molecule has 0 radical (unpaired) electrons. The van der Waals surface area contributed by atoms with E-state index in [4.69, 9.17) is 4.74 Å². The highest BCUT2D eigenvalue weighted by Crippen LogP contribution is 2.27. The van der Waals surface area contributed by atoms with E-state index in [1.807, 2.05) is 36.5 Å². The molecule has 4 rings (SSSR count). The Morgan fingerprint density at radius 3 is 2.89 bits per heavy atom. The number of aromatic nitrogens is 1. The minimum absolute atomic E-state index is 0.160. The summed E-state index contributed by atoms with van der Waals surface area (Å²) in [5.41, 5.74) is 2.63. The zero-order chi connectivity index (χ0) is 18.8. The second kappa shape index (κ2) is 7.40. The van der Waals surface area contributed by atoms with Crippen LogP contribution in [0.25, 0.3) is 10.9 Å². The lowest BCUT2D eigenvalue weighted by Crippen LogP contribution is -2.37. The monoisotopic (exact) mass is 368 g/mol. The standard InChI is InChI=1S/C21H21FN2O3/c22-16-6-7-19-15(11-23-20(19)9-16)8-17-10-18(25)12-24(17)21(26)27-13-14-4-2-1-3-5-14/h1-7,9,11,17-18,23,25H,8,10,12-13H2/t17-,18-/m1/s1. The van der Waals surface area contributed by atoms with Gasteiger partial charge in [-0.25, -0.2) is 9.18 Å². The van der Waals surface area contributed by atoms with Gasteiger partial charge in [-0.15, -0.1) is 0 Å². The Morgan fingerprint density at radius 2 is 2.07 bits per heavy atom. The van der Waals surface area contributed by atoms with Gasteiger partial charge in [0.25, 0.3) is 0 Å². The van der Waals surface area contributed by atoms with Gasteiger partial charge in [0, 0.05) is 23.1 Å². The predicted octanol–water partition coefficient (Wildman–Crippen LogP) is 3.62. The fourth-order valence-electron chi connectivity index (χ4n) is 3.69. The van der Waals surface area contributed by atoms with Gasteiger partial charge < -0.3 is 19.7 Å². The third-order valence-corrected chi connectivity index (χ3v) is 5.02. The summed E-state index contributed by atoms with van der Waals surface area (Å²) >= 11 is 0. The van der Waals surface area contributed by atoms with Crippen LogP contribution in [0.1, 0.15) is 17.5 Å². The van der Waals surface area contributed by atoms with Crippen LogP contribution in [0.4, 0.5) is 9.18 Å². The molecule has 1 aliphatic rings. The first-order chi connectivity index (χ1) is 13.1. The Balaban J connectivity index is 1.46. The van der Waals surface area contributed by atoms with Crippen LogP contribution >= 0.6 is 0 Å². The van der Waals surface area contributed by atoms with Crippen molar-refractivity contribution in [2.45, 2.75) is 31.6 Å². The lowest BCUT2D eigenvalue weighted by molar-refractivity contribution is 0.0877. The van der Waals surface area contributed by atoms with Crippen LogP contribution in [0.15, 0.2) is 54.7 Å². The minimum atomic E-state index is -0.568. The molecule has 5 nitrogen and oxygen atoms in total. The fraction of sp³-hybridized carbons (Fsp3) is 0.286. The number of β-amino-alcohol motifs (C(OH)–C–C–N with tert-alkyl or cyclic N) is 1. The molecule has 1 amide bonds. The molecule has 2 atom stereocenters. The van der Waals surface area contributed by atoms with E-state index in [-0.39, 0.29) is 25.0 Å². The number of rotatable bonds is 4. The van der Waals surface area contributed by atoms with Crippen molar-refractivity contribution >= 4 is 17.0 Å². The van der Waals surface area contributed by atoms with Crippen LogP contribution in [0.2, 0.25) is 0 Å². The van der Waals surface area contributed by atoms with Gasteiger partial charge >= 0.3 is 6.09 Å². The molecule has 6 heteroatoms. The summed E-state index contributed by atoms with van der Waals surface area (Å²) in [5.74, 6) is -0.293. The Labute approximate surface area is 156 Å². The van der Waals surface area contributed by atoms with Gasteiger partial charge in [0.1, 0.15) is 12.4 Å². The molecule has 2 heterocycles. The highest BCUT2D eigenvalue weighted by Gasteiger charge is 2.35. The van der Waals surface area contributed by atoms with E-state index in [2.05, 4.69) is 4.98 Å². The maximum Gasteiger partial charge on any atom is 0.410 e. The second-order valence-electron chi connectivity index (χ2n) is 6.94. The predicted molar refractivity (Wildman–Crippen MR) is 99.7 cm³/mol. The number of nitrogens with one attached hydrogen (secondary N) is 1. The van der Waals surface area contributed by atoms with Gasteiger partial charge in [-0.05, 0) is 42.2 Å². The molecule has 3 aromatic rings. The zero-order valence-corrected chi connectivity index (χ0v) is 14.8. The molecular weight excluding hydrogens is 347 g/mol. The largest absolute Gasteiger partial charge is 0.445 e. The van der Waals surface area contributed by atoms with Crippen molar-refractivity contribution in [3.8, 4) is 0 Å². The molecule has 2 N–H and O–H groups in total. The average Bonchev–Trinajstić information content (AvgIpc) is 3.24. The molecule has 0 unspecified atom stereocenters. The van der Waals surface area contributed by atoms with Crippen molar-refractivity contribution < 1.29 is 19.0 Å². The lowest BCUT2D eigenvalue weighted by Gasteiger charge is -2.23. The van der Waals surface area contributed by atoms with E-state index < -0.39 is 12.2 Å². The van der Waals surface area contributed by atoms with Crippen LogP contribution < -0.4 is 0 Å². The topological polar surface area (TPSA) is 65.6 Å². The number of aliphatic hydroxyl groups excluding tert-OH is 1. The number of hydrogen-bond donors (Lipinski definition) is 2. The normalized spacial score (nSPS) is 19.6. The number of ether oxygens (including phenoxy) is 1. The summed E-state index contributed by atoms with van der Waals surface area (Å²) in [7, 11) is 0. The Hall–Kier alpha value is -2.86. The van der Waals surface area contributed by atoms with Gasteiger partial charge in [-0.3, -0.25) is 0 Å². The van der Waals surface area contributed by atoms with Crippen molar-refractivity contribution in [1.29, 1.82) is 0 Å². The van der Waals surface area contributed by atoms with Crippen molar-refractivity contribution in [2.75, 3.05) is 6.54 Å². The van der Waals surface area contributed by atoms with Crippen molar-refractivity contribution in [2.24, 2.45) is 0 Å². The molecule has 0 bridgehead atoms. The van der Waals surface area contributed by atoms with Crippen LogP contribution in [0.3, 0.4) is 0 Å². The van der Waals surface area contributed by atoms with Crippen molar-refractivity contribution in [3.63, 3.8) is 0 Å². The van der Waals surface area contributed by atoms with Crippen molar-refractivity contribution in [3.05, 3.63) is 71.7 Å². The van der Waals surface area contributed by atoms with E-state index in [1.165, 1.54) is 12.1 Å². The number of H-pyrrole nitrogens is 1. The molecule has 0 saturated carbocycles.